The van der Waals surface area contributed by atoms with Crippen LogP contribution in [0.4, 0.5) is 4.79 Å². The van der Waals surface area contributed by atoms with Crippen LogP contribution in [-0.4, -0.2) is 65.0 Å². The first kappa shape index (κ1) is 22.7. The smallest absolute Gasteiger partial charge is 0.410 e. The highest BCUT2D eigenvalue weighted by molar-refractivity contribution is 5.95. The van der Waals surface area contributed by atoms with E-state index in [1.807, 2.05) is 20.8 Å². The van der Waals surface area contributed by atoms with E-state index in [1.165, 1.54) is 0 Å². The van der Waals surface area contributed by atoms with Gasteiger partial charge in [-0.15, -0.1) is 10.2 Å². The molecular weight excluding hydrogens is 400 g/mol. The Balaban J connectivity index is 1.74. The molecule has 1 aromatic heterocycles. The summed E-state index contributed by atoms with van der Waals surface area (Å²) in [5, 5.41) is 10.8. The van der Waals surface area contributed by atoms with Gasteiger partial charge in [-0.05, 0) is 51.8 Å². The number of nitrogens with zero attached hydrogens (tertiary/aromatic N) is 3. The highest BCUT2D eigenvalue weighted by Crippen LogP contribution is 2.31. The molecule has 0 radical (unpaired) electrons. The fourth-order valence-electron chi connectivity index (χ4n) is 3.75. The summed E-state index contributed by atoms with van der Waals surface area (Å²) in [7, 11) is 1.59. The van der Waals surface area contributed by atoms with Crippen molar-refractivity contribution >= 4 is 12.0 Å². The second kappa shape index (κ2) is 9.05. The number of likely N-dealkylation sites (tertiary alicyclic amines) is 1. The van der Waals surface area contributed by atoms with Crippen LogP contribution in [0, 0.1) is 6.92 Å². The van der Waals surface area contributed by atoms with E-state index in [4.69, 9.17) is 13.9 Å². The molecule has 2 heterocycles. The van der Waals surface area contributed by atoms with Crippen molar-refractivity contribution in [3.63, 3.8) is 0 Å². The second-order valence-electron chi connectivity index (χ2n) is 8.78. The summed E-state index contributed by atoms with van der Waals surface area (Å²) in [5.41, 5.74) is -0.137. The highest BCUT2D eigenvalue weighted by Gasteiger charge is 2.45. The first-order valence-electron chi connectivity index (χ1n) is 10.3. The number of hydrogen-bond acceptors (Lipinski definition) is 7. The Bertz CT molecular complexity index is 936. The van der Waals surface area contributed by atoms with E-state index in [0.717, 1.165) is 6.42 Å². The molecular formula is C22H30N4O5. The molecule has 31 heavy (non-hydrogen) atoms. The van der Waals surface area contributed by atoms with Crippen molar-refractivity contribution < 1.29 is 23.5 Å². The Morgan fingerprint density at radius 3 is 2.71 bits per heavy atom. The van der Waals surface area contributed by atoms with Crippen molar-refractivity contribution in [3.8, 4) is 11.5 Å². The highest BCUT2D eigenvalue weighted by atomic mass is 16.6. The number of benzene rings is 1. The molecule has 168 valence electrons. The van der Waals surface area contributed by atoms with Crippen LogP contribution < -0.4 is 5.32 Å². The Morgan fingerprint density at radius 1 is 1.29 bits per heavy atom. The van der Waals surface area contributed by atoms with Crippen molar-refractivity contribution in [1.82, 2.24) is 20.4 Å². The quantitative estimate of drug-likeness (QED) is 0.750. The number of aryl methyl sites for hydroxylation is 1. The van der Waals surface area contributed by atoms with Gasteiger partial charge in [-0.25, -0.2) is 4.79 Å². The van der Waals surface area contributed by atoms with Gasteiger partial charge in [0.05, 0.1) is 12.1 Å². The Morgan fingerprint density at radius 2 is 2.06 bits per heavy atom. The van der Waals surface area contributed by atoms with E-state index in [0.29, 0.717) is 42.5 Å². The van der Waals surface area contributed by atoms with Gasteiger partial charge in [0.2, 0.25) is 11.8 Å². The average Bonchev–Trinajstić information content (AvgIpc) is 3.32. The van der Waals surface area contributed by atoms with E-state index in [1.54, 1.807) is 43.2 Å². The zero-order chi connectivity index (χ0) is 22.6. The minimum Gasteiger partial charge on any atom is -0.444 e. The minimum absolute atomic E-state index is 0.253. The van der Waals surface area contributed by atoms with E-state index in [-0.39, 0.29) is 12.5 Å². The first-order chi connectivity index (χ1) is 14.6. The van der Waals surface area contributed by atoms with Gasteiger partial charge in [-0.2, -0.15) is 0 Å². The standard InChI is InChI=1S/C22H30N4O5/c1-15-24-25-19(30-15)17-9-6-8-16(12-17)18(27)23-13-22(14-29-5)10-7-11-26(22)20(28)31-21(2,3)4/h6,8-9,12H,7,10-11,13-14H2,1-5H3,(H,23,27)/t22-/m0/s1. The predicted octanol–water partition coefficient (Wildman–Crippen LogP) is 3.19. The maximum absolute atomic E-state index is 12.9. The van der Waals surface area contributed by atoms with Gasteiger partial charge in [0.1, 0.15) is 5.60 Å². The van der Waals surface area contributed by atoms with Gasteiger partial charge in [0.15, 0.2) is 0 Å². The Labute approximate surface area is 182 Å². The monoisotopic (exact) mass is 430 g/mol. The lowest BCUT2D eigenvalue weighted by molar-refractivity contribution is -0.0104. The Hall–Kier alpha value is -2.94. The van der Waals surface area contributed by atoms with E-state index >= 15 is 0 Å². The van der Waals surface area contributed by atoms with Crippen molar-refractivity contribution in [2.75, 3.05) is 26.8 Å². The molecule has 1 aromatic carbocycles. The number of ether oxygens (including phenoxy) is 2. The Kier molecular flexibility index (Phi) is 6.64. The molecule has 0 saturated carbocycles. The predicted molar refractivity (Wildman–Crippen MR) is 114 cm³/mol. The number of carbonyl (C=O) groups is 2. The van der Waals surface area contributed by atoms with Crippen LogP contribution in [0.2, 0.25) is 0 Å². The lowest BCUT2D eigenvalue weighted by Gasteiger charge is -2.38. The van der Waals surface area contributed by atoms with E-state index < -0.39 is 17.2 Å². The lowest BCUT2D eigenvalue weighted by Crippen LogP contribution is -2.57. The molecule has 3 rings (SSSR count). The molecule has 9 nitrogen and oxygen atoms in total. The fraction of sp³-hybridized carbons (Fsp3) is 0.545. The maximum Gasteiger partial charge on any atom is 0.410 e. The molecule has 0 unspecified atom stereocenters. The zero-order valence-electron chi connectivity index (χ0n) is 18.7. The van der Waals surface area contributed by atoms with Crippen molar-refractivity contribution in [2.24, 2.45) is 0 Å². The largest absolute Gasteiger partial charge is 0.444 e. The number of nitrogens with one attached hydrogen (secondary N) is 1. The summed E-state index contributed by atoms with van der Waals surface area (Å²) in [6, 6.07) is 6.98. The van der Waals surface area contributed by atoms with Crippen molar-refractivity contribution in [2.45, 2.75) is 51.7 Å². The number of carbonyl (C=O) groups excluding carboxylic acids is 2. The van der Waals surface area contributed by atoms with Crippen LogP contribution in [-0.2, 0) is 9.47 Å². The normalized spacial score (nSPS) is 18.8. The molecule has 0 bridgehead atoms. The van der Waals surface area contributed by atoms with Crippen LogP contribution in [0.5, 0.6) is 0 Å². The molecule has 0 aliphatic carbocycles. The van der Waals surface area contributed by atoms with Crippen LogP contribution in [0.15, 0.2) is 28.7 Å². The van der Waals surface area contributed by atoms with Crippen LogP contribution in [0.1, 0.15) is 49.9 Å². The van der Waals surface area contributed by atoms with Crippen LogP contribution in [0.3, 0.4) is 0 Å². The first-order valence-corrected chi connectivity index (χ1v) is 10.3. The van der Waals surface area contributed by atoms with E-state index in [9.17, 15) is 9.59 Å². The number of methoxy groups -OCH3 is 1. The van der Waals surface area contributed by atoms with Gasteiger partial charge in [0, 0.05) is 38.2 Å². The summed E-state index contributed by atoms with van der Waals surface area (Å²) in [5.74, 6) is 0.550. The fourth-order valence-corrected chi connectivity index (χ4v) is 3.75. The molecule has 1 atom stereocenters. The van der Waals surface area contributed by atoms with Crippen LogP contribution in [0.25, 0.3) is 11.5 Å². The number of amides is 2. The van der Waals surface area contributed by atoms with Gasteiger partial charge < -0.3 is 19.2 Å². The summed E-state index contributed by atoms with van der Waals surface area (Å²) in [6.45, 7) is 8.31. The van der Waals surface area contributed by atoms with Crippen molar-refractivity contribution in [1.29, 1.82) is 0 Å². The third-order valence-electron chi connectivity index (χ3n) is 5.10. The van der Waals surface area contributed by atoms with Crippen molar-refractivity contribution in [3.05, 3.63) is 35.7 Å². The summed E-state index contributed by atoms with van der Waals surface area (Å²) >= 11 is 0. The molecule has 2 amide bonds. The molecule has 2 aromatic rings. The topological polar surface area (TPSA) is 107 Å². The van der Waals surface area contributed by atoms with Gasteiger partial charge in [0.25, 0.3) is 5.91 Å². The molecule has 1 saturated heterocycles. The van der Waals surface area contributed by atoms with Crippen LogP contribution >= 0.6 is 0 Å². The molecule has 1 aliphatic heterocycles. The number of aromatic nitrogens is 2. The van der Waals surface area contributed by atoms with Gasteiger partial charge in [-0.3, -0.25) is 9.69 Å². The molecule has 9 heteroatoms. The summed E-state index contributed by atoms with van der Waals surface area (Å²) < 4.78 is 16.5. The van der Waals surface area contributed by atoms with Gasteiger partial charge in [-0.1, -0.05) is 6.07 Å². The molecule has 0 spiro atoms. The molecule has 1 fully saturated rings. The van der Waals surface area contributed by atoms with Gasteiger partial charge >= 0.3 is 6.09 Å². The molecule has 1 N–H and O–H groups in total. The molecule has 1 aliphatic rings. The third-order valence-corrected chi connectivity index (χ3v) is 5.10. The number of hydrogen-bond donors (Lipinski definition) is 1. The second-order valence-corrected chi connectivity index (χ2v) is 8.78. The third kappa shape index (κ3) is 5.41. The lowest BCUT2D eigenvalue weighted by atomic mass is 9.97. The zero-order valence-corrected chi connectivity index (χ0v) is 18.7. The maximum atomic E-state index is 12.9. The SMILES string of the molecule is COC[C@@]1(CNC(=O)c2cccc(-c3nnc(C)o3)c2)CCCN1C(=O)OC(C)(C)C. The summed E-state index contributed by atoms with van der Waals surface area (Å²) in [4.78, 5) is 27.4. The average molecular weight is 431 g/mol. The minimum atomic E-state index is -0.659. The van der Waals surface area contributed by atoms with E-state index in [2.05, 4.69) is 15.5 Å². The number of rotatable bonds is 6. The summed E-state index contributed by atoms with van der Waals surface area (Å²) in [6.07, 6.45) is 1.12.